The van der Waals surface area contributed by atoms with Crippen molar-refractivity contribution in [1.82, 2.24) is 24.3 Å². The average Bonchev–Trinajstić information content (AvgIpc) is 3.57. The van der Waals surface area contributed by atoms with Crippen molar-refractivity contribution in [2.45, 2.75) is 45.1 Å². The highest BCUT2D eigenvalue weighted by Gasteiger charge is 2.26. The molecule has 0 saturated carbocycles. The molecule has 2 aromatic carbocycles. The molecule has 43 heavy (non-hydrogen) atoms. The summed E-state index contributed by atoms with van der Waals surface area (Å²) in [5.41, 5.74) is 3.43. The van der Waals surface area contributed by atoms with Crippen LogP contribution >= 0.6 is 11.3 Å². The Labute approximate surface area is 252 Å². The number of carboxylic acids is 1. The van der Waals surface area contributed by atoms with E-state index in [0.717, 1.165) is 95.8 Å². The van der Waals surface area contributed by atoms with Crippen LogP contribution < -0.4 is 0 Å². The van der Waals surface area contributed by atoms with Crippen LogP contribution in [-0.2, 0) is 29.2 Å². The molecule has 1 N–H and O–H groups in total. The lowest BCUT2D eigenvalue weighted by atomic mass is 10.1. The Kier molecular flexibility index (Phi) is 7.52. The Morgan fingerprint density at radius 1 is 1.14 bits per heavy atom. The first-order valence-corrected chi connectivity index (χ1v) is 15.4. The number of hydrogen-bond acceptors (Lipinski definition) is 10. The summed E-state index contributed by atoms with van der Waals surface area (Å²) in [7, 11) is 0. The molecule has 0 amide bonds. The van der Waals surface area contributed by atoms with Crippen LogP contribution in [0.1, 0.15) is 46.0 Å². The zero-order valence-electron chi connectivity index (χ0n) is 23.6. The number of nitrogens with zero attached hydrogens (tertiary/aromatic N) is 7. The maximum Gasteiger partial charge on any atom is 0.335 e. The molecule has 0 radical (unpaired) electrons. The van der Waals surface area contributed by atoms with Gasteiger partial charge in [0.25, 0.3) is 0 Å². The number of rotatable bonds is 8. The standard InChI is InChI=1S/C31H31N7O4S/c32-16-20-4-6-24-26(14-20)43-30(34-24)19-42-29-3-1-2-27(35-29)37-11-9-36(10-12-37)18-28-33-23-7-5-21(31(39)40)15-25(23)38(28)17-22-8-13-41-22/h2,4-7,14-15,22H,1,3,8-13,17-19H2,(H,39,40). The average molecular weight is 598 g/mol. The van der Waals surface area contributed by atoms with Crippen LogP contribution in [0.3, 0.4) is 0 Å². The summed E-state index contributed by atoms with van der Waals surface area (Å²) in [6.07, 6.45) is 4.96. The van der Waals surface area contributed by atoms with E-state index < -0.39 is 5.97 Å². The number of hydrogen-bond donors (Lipinski definition) is 1. The second kappa shape index (κ2) is 11.8. The zero-order valence-corrected chi connectivity index (χ0v) is 24.4. The van der Waals surface area contributed by atoms with Crippen LogP contribution in [0.5, 0.6) is 0 Å². The molecule has 0 bridgehead atoms. The highest BCUT2D eigenvalue weighted by Crippen LogP contribution is 2.26. The van der Waals surface area contributed by atoms with Gasteiger partial charge in [-0.2, -0.15) is 5.26 Å². The molecule has 0 aliphatic carbocycles. The molecule has 11 nitrogen and oxygen atoms in total. The van der Waals surface area contributed by atoms with E-state index >= 15 is 0 Å². The predicted octanol–water partition coefficient (Wildman–Crippen LogP) is 4.37. The molecule has 2 fully saturated rings. The topological polar surface area (TPSA) is 129 Å². The van der Waals surface area contributed by atoms with E-state index in [0.29, 0.717) is 25.3 Å². The van der Waals surface area contributed by atoms with Crippen molar-refractivity contribution in [3.8, 4) is 6.07 Å². The van der Waals surface area contributed by atoms with Gasteiger partial charge < -0.3 is 24.0 Å². The van der Waals surface area contributed by atoms with E-state index in [2.05, 4.69) is 31.5 Å². The minimum atomic E-state index is -0.938. The largest absolute Gasteiger partial charge is 0.478 e. The first-order valence-electron chi connectivity index (χ1n) is 14.5. The highest BCUT2D eigenvalue weighted by atomic mass is 32.1. The van der Waals surface area contributed by atoms with Crippen molar-refractivity contribution in [1.29, 1.82) is 5.26 Å². The van der Waals surface area contributed by atoms with Crippen LogP contribution in [0.25, 0.3) is 21.3 Å². The minimum absolute atomic E-state index is 0.139. The molecule has 12 heteroatoms. The fourth-order valence-corrected chi connectivity index (χ4v) is 6.62. The number of benzene rings is 2. The van der Waals surface area contributed by atoms with Gasteiger partial charge in [0.2, 0.25) is 0 Å². The Balaban J connectivity index is 0.982. The minimum Gasteiger partial charge on any atom is -0.478 e. The normalized spacial score (nSPS) is 19.1. The second-order valence-electron chi connectivity index (χ2n) is 11.0. The van der Waals surface area contributed by atoms with Crippen LogP contribution in [-0.4, -0.2) is 80.2 Å². The van der Waals surface area contributed by atoms with Crippen molar-refractivity contribution >= 4 is 44.5 Å². The Hall–Kier alpha value is -4.31. The monoisotopic (exact) mass is 597 g/mol. The molecule has 2 aromatic heterocycles. The van der Waals surface area contributed by atoms with Crippen molar-refractivity contribution in [2.24, 2.45) is 4.99 Å². The number of aromatic carboxylic acids is 1. The van der Waals surface area contributed by atoms with Crippen LogP contribution in [0, 0.1) is 11.3 Å². The molecule has 2 saturated heterocycles. The van der Waals surface area contributed by atoms with E-state index in [4.69, 9.17) is 24.7 Å². The third-order valence-corrected chi connectivity index (χ3v) is 9.16. The summed E-state index contributed by atoms with van der Waals surface area (Å²) in [5.74, 6) is 1.68. The molecular weight excluding hydrogens is 566 g/mol. The van der Waals surface area contributed by atoms with Gasteiger partial charge in [-0.25, -0.2) is 19.8 Å². The van der Waals surface area contributed by atoms with Crippen molar-refractivity contribution < 1.29 is 19.4 Å². The number of piperazine rings is 1. The summed E-state index contributed by atoms with van der Waals surface area (Å²) in [4.78, 5) is 30.7. The van der Waals surface area contributed by atoms with Crippen LogP contribution in [0.4, 0.5) is 0 Å². The van der Waals surface area contributed by atoms with E-state index in [1.54, 1.807) is 35.6 Å². The molecule has 5 heterocycles. The van der Waals surface area contributed by atoms with Gasteiger partial charge in [-0.05, 0) is 55.3 Å². The third kappa shape index (κ3) is 5.84. The number of carboxylic acid groups (broad SMARTS) is 1. The van der Waals surface area contributed by atoms with Gasteiger partial charge in [0.05, 0.1) is 57.6 Å². The molecule has 3 aliphatic rings. The number of nitriles is 1. The van der Waals surface area contributed by atoms with Crippen LogP contribution in [0.15, 0.2) is 53.3 Å². The van der Waals surface area contributed by atoms with E-state index in [1.807, 2.05) is 12.1 Å². The number of imidazole rings is 1. The van der Waals surface area contributed by atoms with Crippen molar-refractivity contribution in [2.75, 3.05) is 32.8 Å². The fourth-order valence-electron chi connectivity index (χ4n) is 5.70. The SMILES string of the molecule is N#Cc1ccc2nc(COC3=NC(N4CCN(Cc5nc6ccc(C(=O)O)cc6n5CC5CCO5)CC4)=CCC3)sc2c1. The molecule has 0 spiro atoms. The van der Waals surface area contributed by atoms with E-state index in [-0.39, 0.29) is 11.7 Å². The number of aliphatic imine (C=N–C) groups is 1. The molecular formula is C31H31N7O4S. The van der Waals surface area contributed by atoms with Crippen molar-refractivity contribution in [3.63, 3.8) is 0 Å². The smallest absolute Gasteiger partial charge is 0.335 e. The van der Waals surface area contributed by atoms with Gasteiger partial charge in [-0.1, -0.05) is 0 Å². The number of carbonyl (C=O) groups is 1. The highest BCUT2D eigenvalue weighted by molar-refractivity contribution is 7.18. The predicted molar refractivity (Wildman–Crippen MR) is 162 cm³/mol. The molecule has 4 aromatic rings. The lowest BCUT2D eigenvalue weighted by Gasteiger charge is -2.36. The second-order valence-corrected chi connectivity index (χ2v) is 12.1. The fraction of sp³-hybridized carbons (Fsp3) is 0.387. The van der Waals surface area contributed by atoms with Gasteiger partial charge in [0, 0.05) is 39.2 Å². The lowest BCUT2D eigenvalue weighted by molar-refractivity contribution is -0.0592. The van der Waals surface area contributed by atoms with Gasteiger partial charge in [-0.15, -0.1) is 11.3 Å². The summed E-state index contributed by atoms with van der Waals surface area (Å²) >= 11 is 1.54. The zero-order chi connectivity index (χ0) is 29.3. The van der Waals surface area contributed by atoms with Crippen LogP contribution in [0.2, 0.25) is 0 Å². The molecule has 220 valence electrons. The number of thiazole rings is 1. The summed E-state index contributed by atoms with van der Waals surface area (Å²) < 4.78 is 14.9. The first kappa shape index (κ1) is 27.5. The molecule has 7 rings (SSSR count). The lowest BCUT2D eigenvalue weighted by Crippen LogP contribution is -2.45. The number of aromatic nitrogens is 3. The van der Waals surface area contributed by atoms with Crippen molar-refractivity contribution in [3.05, 3.63) is 70.3 Å². The maximum atomic E-state index is 11.6. The molecule has 1 unspecified atom stereocenters. The summed E-state index contributed by atoms with van der Waals surface area (Å²) in [5, 5.41) is 19.5. The third-order valence-electron chi connectivity index (χ3n) is 8.16. The van der Waals surface area contributed by atoms with Gasteiger partial charge in [0.15, 0.2) is 5.90 Å². The maximum absolute atomic E-state index is 11.6. The van der Waals surface area contributed by atoms with E-state index in [1.165, 1.54) is 0 Å². The molecule has 1 atom stereocenters. The van der Waals surface area contributed by atoms with Gasteiger partial charge in [0.1, 0.15) is 23.3 Å². The van der Waals surface area contributed by atoms with Gasteiger partial charge in [-0.3, -0.25) is 4.90 Å². The summed E-state index contributed by atoms with van der Waals surface area (Å²) in [6, 6.07) is 12.8. The first-order chi connectivity index (χ1) is 21.0. The number of ether oxygens (including phenoxy) is 2. The van der Waals surface area contributed by atoms with Gasteiger partial charge >= 0.3 is 5.97 Å². The molecule has 3 aliphatic heterocycles. The Morgan fingerprint density at radius 3 is 2.74 bits per heavy atom. The number of allylic oxidation sites excluding steroid dienone is 1. The number of fused-ring (bicyclic) bond motifs is 2. The van der Waals surface area contributed by atoms with E-state index in [9.17, 15) is 9.90 Å². The summed E-state index contributed by atoms with van der Waals surface area (Å²) in [6.45, 7) is 5.91. The quantitative estimate of drug-likeness (QED) is 0.315. The Bertz CT molecular complexity index is 1790. The Morgan fingerprint density at radius 2 is 1.98 bits per heavy atom.